The number of aromatic nitrogens is 5. The van der Waals surface area contributed by atoms with Gasteiger partial charge in [-0.15, -0.1) is 10.2 Å². The van der Waals surface area contributed by atoms with Gasteiger partial charge in [-0.2, -0.15) is 18.3 Å². The third kappa shape index (κ3) is 4.24. The van der Waals surface area contributed by atoms with Crippen LogP contribution in [-0.2, 0) is 11.0 Å². The number of nitrogen functional groups attached to an aromatic ring is 1. The Kier molecular flexibility index (Phi) is 5.60. The number of nitrogens with zero attached hydrogens (tertiary/aromatic N) is 5. The Hall–Kier alpha value is -2.24. The molecule has 0 spiro atoms. The second-order valence-electron chi connectivity index (χ2n) is 5.34. The van der Waals surface area contributed by atoms with Crippen LogP contribution in [0.4, 0.5) is 19.0 Å². The first-order valence-electron chi connectivity index (χ1n) is 7.43. The SMILES string of the molecule is CC[C@H](C)n1nccc1NC(=O)[C@H](C)Sc1nnc(C(F)(F)F)n1N. The van der Waals surface area contributed by atoms with Crippen LogP contribution in [-0.4, -0.2) is 35.8 Å². The van der Waals surface area contributed by atoms with E-state index < -0.39 is 23.2 Å². The Morgan fingerprint density at radius 3 is 2.64 bits per heavy atom. The van der Waals surface area contributed by atoms with Crippen LogP contribution in [0.2, 0.25) is 0 Å². The second kappa shape index (κ2) is 7.33. The molecule has 12 heteroatoms. The molecule has 0 bridgehead atoms. The molecule has 2 aromatic heterocycles. The minimum Gasteiger partial charge on any atom is -0.335 e. The van der Waals surface area contributed by atoms with Crippen molar-refractivity contribution in [1.82, 2.24) is 24.7 Å². The van der Waals surface area contributed by atoms with Gasteiger partial charge in [0.1, 0.15) is 5.82 Å². The number of nitrogens with two attached hydrogens (primary N) is 1. The maximum atomic E-state index is 12.7. The van der Waals surface area contributed by atoms with Crippen molar-refractivity contribution in [2.24, 2.45) is 0 Å². The van der Waals surface area contributed by atoms with Gasteiger partial charge in [-0.1, -0.05) is 18.7 Å². The zero-order valence-corrected chi connectivity index (χ0v) is 14.6. The molecule has 2 aromatic rings. The molecule has 1 amide bonds. The minimum atomic E-state index is -4.71. The topological polar surface area (TPSA) is 104 Å². The van der Waals surface area contributed by atoms with Gasteiger partial charge in [0.15, 0.2) is 0 Å². The van der Waals surface area contributed by atoms with Crippen molar-refractivity contribution < 1.29 is 18.0 Å². The number of hydrogen-bond acceptors (Lipinski definition) is 6. The lowest BCUT2D eigenvalue weighted by atomic mass is 10.3. The molecule has 25 heavy (non-hydrogen) atoms. The molecule has 0 unspecified atom stereocenters. The van der Waals surface area contributed by atoms with Gasteiger partial charge in [-0.3, -0.25) is 4.79 Å². The molecule has 0 aliphatic rings. The quantitative estimate of drug-likeness (QED) is 0.591. The molecule has 0 radical (unpaired) electrons. The molecule has 3 N–H and O–H groups in total. The second-order valence-corrected chi connectivity index (χ2v) is 6.65. The van der Waals surface area contributed by atoms with Crippen molar-refractivity contribution in [2.45, 2.75) is 49.8 Å². The number of alkyl halides is 3. The molecule has 2 rings (SSSR count). The van der Waals surface area contributed by atoms with Gasteiger partial charge in [0.25, 0.3) is 5.82 Å². The predicted molar refractivity (Wildman–Crippen MR) is 86.4 cm³/mol. The van der Waals surface area contributed by atoms with E-state index in [2.05, 4.69) is 20.6 Å². The van der Waals surface area contributed by atoms with E-state index in [4.69, 9.17) is 5.84 Å². The lowest BCUT2D eigenvalue weighted by Crippen LogP contribution is -2.26. The van der Waals surface area contributed by atoms with Crippen molar-refractivity contribution in [3.63, 3.8) is 0 Å². The molecule has 0 aliphatic heterocycles. The van der Waals surface area contributed by atoms with E-state index in [1.54, 1.807) is 16.9 Å². The van der Waals surface area contributed by atoms with Gasteiger partial charge < -0.3 is 11.2 Å². The lowest BCUT2D eigenvalue weighted by Gasteiger charge is -2.16. The Balaban J connectivity index is 2.07. The van der Waals surface area contributed by atoms with Crippen LogP contribution in [0.25, 0.3) is 0 Å². The van der Waals surface area contributed by atoms with E-state index in [-0.39, 0.29) is 11.2 Å². The van der Waals surface area contributed by atoms with E-state index >= 15 is 0 Å². The Bertz CT molecular complexity index is 742. The number of carbonyl (C=O) groups is 1. The fraction of sp³-hybridized carbons (Fsp3) is 0.538. The lowest BCUT2D eigenvalue weighted by molar-refractivity contribution is -0.146. The maximum absolute atomic E-state index is 12.7. The van der Waals surface area contributed by atoms with Gasteiger partial charge in [0.05, 0.1) is 17.5 Å². The van der Waals surface area contributed by atoms with Crippen LogP contribution in [0.5, 0.6) is 0 Å². The molecule has 0 fully saturated rings. The normalized spacial score (nSPS) is 14.3. The molecule has 0 saturated heterocycles. The fourth-order valence-corrected chi connectivity index (χ4v) is 2.70. The first-order chi connectivity index (χ1) is 11.6. The Morgan fingerprint density at radius 1 is 1.40 bits per heavy atom. The van der Waals surface area contributed by atoms with Crippen molar-refractivity contribution in [2.75, 3.05) is 11.2 Å². The third-order valence-corrected chi connectivity index (χ3v) is 4.56. The summed E-state index contributed by atoms with van der Waals surface area (Å²) in [5.74, 6) is 4.14. The van der Waals surface area contributed by atoms with Gasteiger partial charge >= 0.3 is 6.18 Å². The summed E-state index contributed by atoms with van der Waals surface area (Å²) in [5, 5.41) is 12.3. The van der Waals surface area contributed by atoms with Crippen LogP contribution < -0.4 is 11.2 Å². The van der Waals surface area contributed by atoms with E-state index in [0.717, 1.165) is 18.2 Å². The highest BCUT2D eigenvalue weighted by Crippen LogP contribution is 2.30. The van der Waals surface area contributed by atoms with Gasteiger partial charge in [0, 0.05) is 6.07 Å². The average molecular weight is 377 g/mol. The third-order valence-electron chi connectivity index (χ3n) is 3.50. The average Bonchev–Trinajstić information content (AvgIpc) is 3.13. The summed E-state index contributed by atoms with van der Waals surface area (Å²) >= 11 is 0.780. The highest BCUT2D eigenvalue weighted by Gasteiger charge is 2.38. The number of amides is 1. The van der Waals surface area contributed by atoms with E-state index in [0.29, 0.717) is 10.5 Å². The maximum Gasteiger partial charge on any atom is 0.453 e. The number of nitrogens with one attached hydrogen (secondary N) is 1. The summed E-state index contributed by atoms with van der Waals surface area (Å²) in [7, 11) is 0. The van der Waals surface area contributed by atoms with Crippen LogP contribution in [0.3, 0.4) is 0 Å². The van der Waals surface area contributed by atoms with Crippen molar-refractivity contribution >= 4 is 23.5 Å². The predicted octanol–water partition coefficient (Wildman–Crippen LogP) is 2.30. The molecular formula is C13H18F3N7OS. The van der Waals surface area contributed by atoms with Crippen LogP contribution >= 0.6 is 11.8 Å². The summed E-state index contributed by atoms with van der Waals surface area (Å²) < 4.78 is 40.0. The summed E-state index contributed by atoms with van der Waals surface area (Å²) in [6, 6.07) is 1.74. The number of anilines is 1. The molecular weight excluding hydrogens is 359 g/mol. The molecule has 2 atom stereocenters. The standard InChI is InChI=1S/C13H18F3N7OS/c1-4-7(2)23-9(5-6-18-23)19-10(24)8(3)25-12-21-20-11(22(12)17)13(14,15)16/h5-8H,4,17H2,1-3H3,(H,19,24)/t7-,8-/m0/s1. The molecule has 0 saturated carbocycles. The van der Waals surface area contributed by atoms with E-state index in [1.807, 2.05) is 13.8 Å². The smallest absolute Gasteiger partial charge is 0.335 e. The van der Waals surface area contributed by atoms with Crippen molar-refractivity contribution in [3.8, 4) is 0 Å². The molecule has 8 nitrogen and oxygen atoms in total. The molecule has 0 aromatic carbocycles. The number of hydrogen-bond donors (Lipinski definition) is 2. The number of thioether (sulfide) groups is 1. The molecule has 0 aliphatic carbocycles. The van der Waals surface area contributed by atoms with Crippen molar-refractivity contribution in [1.29, 1.82) is 0 Å². The molecule has 2 heterocycles. The van der Waals surface area contributed by atoms with Gasteiger partial charge in [-0.05, 0) is 20.3 Å². The Morgan fingerprint density at radius 2 is 2.08 bits per heavy atom. The number of rotatable bonds is 6. The first-order valence-corrected chi connectivity index (χ1v) is 8.31. The minimum absolute atomic E-state index is 0.0924. The number of halogens is 3. The summed E-state index contributed by atoms with van der Waals surface area (Å²) in [6.07, 6.45) is -2.33. The van der Waals surface area contributed by atoms with E-state index in [9.17, 15) is 18.0 Å². The Labute approximate surface area is 145 Å². The fourth-order valence-electron chi connectivity index (χ4n) is 1.93. The van der Waals surface area contributed by atoms with Gasteiger partial charge in [0.2, 0.25) is 11.1 Å². The van der Waals surface area contributed by atoms with Crippen LogP contribution in [0, 0.1) is 0 Å². The first kappa shape index (κ1) is 19.1. The largest absolute Gasteiger partial charge is 0.453 e. The zero-order chi connectivity index (χ0) is 18.8. The summed E-state index contributed by atoms with van der Waals surface area (Å²) in [5.41, 5.74) is 0. The van der Waals surface area contributed by atoms with Crippen molar-refractivity contribution in [3.05, 3.63) is 18.1 Å². The zero-order valence-electron chi connectivity index (χ0n) is 13.8. The summed E-state index contributed by atoms with van der Waals surface area (Å²) in [4.78, 5) is 12.3. The number of carbonyl (C=O) groups excluding carboxylic acids is 1. The highest BCUT2D eigenvalue weighted by atomic mass is 32.2. The monoisotopic (exact) mass is 377 g/mol. The van der Waals surface area contributed by atoms with Crippen LogP contribution in [0.15, 0.2) is 17.4 Å². The molecule has 138 valence electrons. The van der Waals surface area contributed by atoms with E-state index in [1.165, 1.54) is 6.92 Å². The van der Waals surface area contributed by atoms with Gasteiger partial charge in [-0.25, -0.2) is 9.36 Å². The summed E-state index contributed by atoms with van der Waals surface area (Å²) in [6.45, 7) is 5.48. The van der Waals surface area contributed by atoms with Crippen LogP contribution in [0.1, 0.15) is 39.1 Å². The highest BCUT2D eigenvalue weighted by molar-refractivity contribution is 8.00.